The number of hydrogen-bond donors (Lipinski definition) is 0. The Morgan fingerprint density at radius 1 is 1.45 bits per heavy atom. The normalized spacial score (nSPS) is 28.1. The van der Waals surface area contributed by atoms with Crippen LogP contribution in [0.1, 0.15) is 13.8 Å². The number of nitrogens with zero attached hydrogens (tertiary/aromatic N) is 2. The van der Waals surface area contributed by atoms with E-state index in [0.29, 0.717) is 6.17 Å². The van der Waals surface area contributed by atoms with Crippen molar-refractivity contribution >= 4 is 0 Å². The van der Waals surface area contributed by atoms with Crippen LogP contribution in [-0.4, -0.2) is 49.4 Å². The van der Waals surface area contributed by atoms with Gasteiger partial charge in [0.25, 0.3) is 0 Å². The summed E-state index contributed by atoms with van der Waals surface area (Å²) >= 11 is 0. The second-order valence-corrected chi connectivity index (χ2v) is 3.05. The molecule has 0 saturated carbocycles. The van der Waals surface area contributed by atoms with E-state index >= 15 is 0 Å². The van der Waals surface area contributed by atoms with E-state index in [9.17, 15) is 0 Å². The SMILES string of the molecule is CCOCN1CCN(C)C1C. The van der Waals surface area contributed by atoms with Crippen molar-refractivity contribution in [2.45, 2.75) is 20.0 Å². The van der Waals surface area contributed by atoms with Crippen LogP contribution < -0.4 is 0 Å². The summed E-state index contributed by atoms with van der Waals surface area (Å²) in [5, 5.41) is 0. The first-order chi connectivity index (χ1) is 5.25. The smallest absolute Gasteiger partial charge is 0.100 e. The van der Waals surface area contributed by atoms with Crippen LogP contribution in [0.5, 0.6) is 0 Å². The maximum absolute atomic E-state index is 5.34. The van der Waals surface area contributed by atoms with Crippen molar-refractivity contribution in [1.82, 2.24) is 9.80 Å². The summed E-state index contributed by atoms with van der Waals surface area (Å²) in [7, 11) is 2.15. The molecule has 11 heavy (non-hydrogen) atoms. The molecule has 0 amide bonds. The van der Waals surface area contributed by atoms with Gasteiger partial charge in [-0.2, -0.15) is 0 Å². The molecule has 1 fully saturated rings. The topological polar surface area (TPSA) is 15.7 Å². The Morgan fingerprint density at radius 3 is 2.64 bits per heavy atom. The van der Waals surface area contributed by atoms with Crippen LogP contribution in [0.15, 0.2) is 0 Å². The molecule has 3 heteroatoms. The lowest BCUT2D eigenvalue weighted by Crippen LogP contribution is -2.35. The summed E-state index contributed by atoms with van der Waals surface area (Å²) in [4.78, 5) is 4.67. The van der Waals surface area contributed by atoms with Gasteiger partial charge in [0.05, 0.1) is 6.17 Å². The highest BCUT2D eigenvalue weighted by Crippen LogP contribution is 2.10. The molecular weight excluding hydrogens is 140 g/mol. The minimum absolute atomic E-state index is 0.543. The quantitative estimate of drug-likeness (QED) is 0.597. The van der Waals surface area contributed by atoms with Gasteiger partial charge in [-0.05, 0) is 20.9 Å². The summed E-state index contributed by atoms with van der Waals surface area (Å²) in [5.74, 6) is 0. The molecule has 1 heterocycles. The number of rotatable bonds is 3. The van der Waals surface area contributed by atoms with Crippen molar-refractivity contribution in [3.63, 3.8) is 0 Å². The Balaban J connectivity index is 2.24. The lowest BCUT2D eigenvalue weighted by Gasteiger charge is -2.23. The van der Waals surface area contributed by atoms with E-state index in [1.807, 2.05) is 6.92 Å². The molecule has 3 nitrogen and oxygen atoms in total. The average Bonchev–Trinajstić information content (AvgIpc) is 2.31. The monoisotopic (exact) mass is 158 g/mol. The van der Waals surface area contributed by atoms with Gasteiger partial charge in [-0.25, -0.2) is 0 Å². The van der Waals surface area contributed by atoms with Gasteiger partial charge in [0.15, 0.2) is 0 Å². The fourth-order valence-corrected chi connectivity index (χ4v) is 1.32. The predicted octanol–water partition coefficient (Wildman–Crippen LogP) is 0.574. The molecule has 1 atom stereocenters. The second-order valence-electron chi connectivity index (χ2n) is 3.05. The van der Waals surface area contributed by atoms with Crippen molar-refractivity contribution < 1.29 is 4.74 Å². The molecule has 1 aliphatic heterocycles. The third kappa shape index (κ3) is 2.15. The molecule has 0 radical (unpaired) electrons. The van der Waals surface area contributed by atoms with Crippen LogP contribution in [0.2, 0.25) is 0 Å². The van der Waals surface area contributed by atoms with Crippen molar-refractivity contribution in [2.75, 3.05) is 33.5 Å². The maximum Gasteiger partial charge on any atom is 0.100 e. The second kappa shape index (κ2) is 4.04. The summed E-state index contributed by atoms with van der Waals surface area (Å²) in [6.07, 6.45) is 0.543. The van der Waals surface area contributed by atoms with Gasteiger partial charge in [0.1, 0.15) is 6.73 Å². The van der Waals surface area contributed by atoms with Gasteiger partial charge in [0, 0.05) is 19.7 Å². The third-order valence-electron chi connectivity index (χ3n) is 2.37. The number of likely N-dealkylation sites (N-methyl/N-ethyl adjacent to an activating group) is 1. The lowest BCUT2D eigenvalue weighted by molar-refractivity contribution is 0.0149. The Bertz CT molecular complexity index is 119. The fourth-order valence-electron chi connectivity index (χ4n) is 1.32. The molecule has 66 valence electrons. The van der Waals surface area contributed by atoms with Crippen molar-refractivity contribution in [1.29, 1.82) is 0 Å². The van der Waals surface area contributed by atoms with Gasteiger partial charge in [-0.3, -0.25) is 9.80 Å². The first-order valence-electron chi connectivity index (χ1n) is 4.27. The Hall–Kier alpha value is -0.120. The molecule has 0 spiro atoms. The Labute approximate surface area is 68.9 Å². The Kier molecular flexibility index (Phi) is 3.30. The van der Waals surface area contributed by atoms with Crippen LogP contribution in [-0.2, 0) is 4.74 Å². The van der Waals surface area contributed by atoms with Gasteiger partial charge in [-0.15, -0.1) is 0 Å². The minimum atomic E-state index is 0.543. The molecule has 0 N–H and O–H groups in total. The Morgan fingerprint density at radius 2 is 2.18 bits per heavy atom. The summed E-state index contributed by atoms with van der Waals surface area (Å²) in [6, 6.07) is 0. The molecule has 0 aromatic rings. The highest BCUT2D eigenvalue weighted by molar-refractivity contribution is 4.73. The van der Waals surface area contributed by atoms with Gasteiger partial charge in [0.2, 0.25) is 0 Å². The molecule has 1 aliphatic rings. The van der Waals surface area contributed by atoms with Crippen LogP contribution in [0.4, 0.5) is 0 Å². The maximum atomic E-state index is 5.34. The first kappa shape index (κ1) is 8.97. The molecule has 0 aliphatic carbocycles. The fraction of sp³-hybridized carbons (Fsp3) is 1.00. The van der Waals surface area contributed by atoms with E-state index < -0.39 is 0 Å². The largest absolute Gasteiger partial charge is 0.366 e. The van der Waals surface area contributed by atoms with E-state index in [1.54, 1.807) is 0 Å². The van der Waals surface area contributed by atoms with Crippen molar-refractivity contribution in [3.8, 4) is 0 Å². The summed E-state index contributed by atoms with van der Waals surface area (Å²) in [5.41, 5.74) is 0. The van der Waals surface area contributed by atoms with Crippen LogP contribution >= 0.6 is 0 Å². The van der Waals surface area contributed by atoms with Gasteiger partial charge in [-0.1, -0.05) is 0 Å². The average molecular weight is 158 g/mol. The van der Waals surface area contributed by atoms with Crippen molar-refractivity contribution in [2.24, 2.45) is 0 Å². The highest BCUT2D eigenvalue weighted by Gasteiger charge is 2.24. The van der Waals surface area contributed by atoms with Gasteiger partial charge < -0.3 is 4.74 Å². The van der Waals surface area contributed by atoms with E-state index in [-0.39, 0.29) is 0 Å². The summed E-state index contributed by atoms with van der Waals surface area (Å²) < 4.78 is 5.34. The molecular formula is C8H18N2O. The van der Waals surface area contributed by atoms with E-state index in [1.165, 1.54) is 0 Å². The number of hydrogen-bond acceptors (Lipinski definition) is 3. The lowest BCUT2D eigenvalue weighted by atomic mass is 10.5. The van der Waals surface area contributed by atoms with Crippen LogP contribution in [0, 0.1) is 0 Å². The molecule has 1 saturated heterocycles. The molecule has 1 unspecified atom stereocenters. The zero-order valence-electron chi connectivity index (χ0n) is 7.71. The van der Waals surface area contributed by atoms with E-state index in [0.717, 1.165) is 26.4 Å². The first-order valence-corrected chi connectivity index (χ1v) is 4.27. The van der Waals surface area contributed by atoms with E-state index in [2.05, 4.69) is 23.8 Å². The zero-order valence-corrected chi connectivity index (χ0v) is 7.71. The van der Waals surface area contributed by atoms with E-state index in [4.69, 9.17) is 4.74 Å². The minimum Gasteiger partial charge on any atom is -0.366 e. The molecule has 0 aromatic carbocycles. The van der Waals surface area contributed by atoms with Crippen LogP contribution in [0.25, 0.3) is 0 Å². The third-order valence-corrected chi connectivity index (χ3v) is 2.37. The van der Waals surface area contributed by atoms with Gasteiger partial charge >= 0.3 is 0 Å². The molecule has 0 bridgehead atoms. The molecule has 0 aromatic heterocycles. The highest BCUT2D eigenvalue weighted by atomic mass is 16.5. The van der Waals surface area contributed by atoms with Crippen LogP contribution in [0.3, 0.4) is 0 Å². The zero-order chi connectivity index (χ0) is 8.27. The van der Waals surface area contributed by atoms with Crippen molar-refractivity contribution in [3.05, 3.63) is 0 Å². The molecule has 1 rings (SSSR count). The summed E-state index contributed by atoms with van der Waals surface area (Å²) in [6.45, 7) is 8.14. The predicted molar refractivity (Wildman–Crippen MR) is 45.3 cm³/mol. The number of ether oxygens (including phenoxy) is 1. The standard InChI is InChI=1S/C8H18N2O/c1-4-11-7-10-6-5-9(3)8(10)2/h8H,4-7H2,1-3H3.